The molecule has 0 aliphatic heterocycles. The Hall–Kier alpha value is 0.608. The molecule has 0 unspecified atom stereocenters. The molecule has 9 heavy (non-hydrogen) atoms. The van der Waals surface area contributed by atoms with Gasteiger partial charge in [-0.25, -0.2) is 0 Å². The van der Waals surface area contributed by atoms with Gasteiger partial charge in [0.15, 0.2) is 0 Å². The summed E-state index contributed by atoms with van der Waals surface area (Å²) < 4.78 is 0. The molecule has 1 fully saturated rings. The Morgan fingerprint density at radius 3 is 1.44 bits per heavy atom. The Kier molecular flexibility index (Phi) is 4.73. The molecule has 0 aromatic heterocycles. The largest absolute Gasteiger partial charge is 0.326 e. The van der Waals surface area contributed by atoms with Crippen molar-refractivity contribution in [3.8, 4) is 0 Å². The Morgan fingerprint density at radius 1 is 0.889 bits per heavy atom. The summed E-state index contributed by atoms with van der Waals surface area (Å²) in [5.41, 5.74) is 11.3. The topological polar surface area (TPSA) is 52.0 Å². The van der Waals surface area contributed by atoms with Gasteiger partial charge in [0.25, 0.3) is 0 Å². The van der Waals surface area contributed by atoms with Crippen molar-refractivity contribution >= 4 is 0 Å². The quantitative estimate of drug-likeness (QED) is 0.672. The van der Waals surface area contributed by atoms with Gasteiger partial charge in [0.2, 0.25) is 0 Å². The van der Waals surface area contributed by atoms with E-state index >= 15 is 0 Å². The van der Waals surface area contributed by atoms with E-state index in [1.165, 1.54) is 12.8 Å². The number of hydrogen-bond donors (Lipinski definition) is 2. The molecule has 1 rings (SSSR count). The summed E-state index contributed by atoms with van der Waals surface area (Å²) in [5.74, 6) is 0. The van der Waals surface area contributed by atoms with Crippen LogP contribution in [-0.4, -0.2) is 12.1 Å². The minimum atomic E-state index is 0. The van der Waals surface area contributed by atoms with Crippen molar-refractivity contribution in [3.05, 3.63) is 0 Å². The standard InChI is InChI=1S/C6H14N2.Pt/c7-5-3-1-2-4-6(5)8;/h5-6H,1-4,7-8H2;/t5-,6+;. The molecule has 0 amide bonds. The molecular weight excluding hydrogens is 295 g/mol. The zero-order valence-corrected chi connectivity index (χ0v) is 7.73. The van der Waals surface area contributed by atoms with E-state index in [0.29, 0.717) is 0 Å². The van der Waals surface area contributed by atoms with Crippen LogP contribution in [0.3, 0.4) is 0 Å². The maximum atomic E-state index is 5.65. The summed E-state index contributed by atoms with van der Waals surface area (Å²) in [5, 5.41) is 0. The molecule has 2 atom stereocenters. The van der Waals surface area contributed by atoms with Gasteiger partial charge >= 0.3 is 0 Å². The van der Waals surface area contributed by atoms with Crippen molar-refractivity contribution in [1.29, 1.82) is 0 Å². The predicted molar refractivity (Wildman–Crippen MR) is 34.4 cm³/mol. The molecule has 3 heteroatoms. The van der Waals surface area contributed by atoms with Gasteiger partial charge in [0.05, 0.1) is 0 Å². The van der Waals surface area contributed by atoms with Crippen LogP contribution in [0.1, 0.15) is 25.7 Å². The molecule has 0 saturated heterocycles. The zero-order chi connectivity index (χ0) is 5.98. The summed E-state index contributed by atoms with van der Waals surface area (Å²) in [6.07, 6.45) is 4.80. The second-order valence-corrected chi connectivity index (χ2v) is 2.61. The van der Waals surface area contributed by atoms with E-state index in [0.717, 1.165) is 12.8 Å². The first-order valence-corrected chi connectivity index (χ1v) is 3.32. The molecule has 0 heterocycles. The van der Waals surface area contributed by atoms with E-state index in [9.17, 15) is 0 Å². The van der Waals surface area contributed by atoms with Crippen molar-refractivity contribution in [1.82, 2.24) is 0 Å². The van der Waals surface area contributed by atoms with Crippen molar-refractivity contribution < 1.29 is 21.1 Å². The first-order chi connectivity index (χ1) is 3.80. The van der Waals surface area contributed by atoms with Gasteiger partial charge in [0.1, 0.15) is 0 Å². The van der Waals surface area contributed by atoms with Crippen LogP contribution in [0.4, 0.5) is 0 Å². The molecule has 0 bridgehead atoms. The molecule has 1 aliphatic rings. The fourth-order valence-electron chi connectivity index (χ4n) is 1.19. The smallest absolute Gasteiger partial charge is 0.0192 e. The third-order valence-corrected chi connectivity index (χ3v) is 1.87. The molecule has 0 radical (unpaired) electrons. The summed E-state index contributed by atoms with van der Waals surface area (Å²) >= 11 is 0. The van der Waals surface area contributed by atoms with Crippen LogP contribution in [-0.2, 0) is 21.1 Å². The first-order valence-electron chi connectivity index (χ1n) is 3.32. The number of nitrogens with two attached hydrogens (primary N) is 2. The summed E-state index contributed by atoms with van der Waals surface area (Å²) in [6, 6.07) is 0.562. The molecule has 0 aromatic rings. The first kappa shape index (κ1) is 9.61. The Bertz CT molecular complexity index is 67.5. The SMILES string of the molecule is N[C@@H]1CCCC[C@@H]1N.[Pt]. The van der Waals surface area contributed by atoms with Gasteiger partial charge in [-0.15, -0.1) is 0 Å². The van der Waals surface area contributed by atoms with Crippen LogP contribution in [0.5, 0.6) is 0 Å². The van der Waals surface area contributed by atoms with E-state index in [1.807, 2.05) is 0 Å². The molecule has 1 saturated carbocycles. The minimum Gasteiger partial charge on any atom is -0.326 e. The van der Waals surface area contributed by atoms with Crippen LogP contribution < -0.4 is 11.5 Å². The minimum absolute atomic E-state index is 0. The molecule has 4 N–H and O–H groups in total. The molecule has 2 nitrogen and oxygen atoms in total. The van der Waals surface area contributed by atoms with Gasteiger partial charge in [-0.3, -0.25) is 0 Å². The van der Waals surface area contributed by atoms with E-state index in [4.69, 9.17) is 11.5 Å². The van der Waals surface area contributed by atoms with Gasteiger partial charge in [-0.2, -0.15) is 0 Å². The number of rotatable bonds is 0. The van der Waals surface area contributed by atoms with E-state index < -0.39 is 0 Å². The Balaban J connectivity index is 0.000000640. The maximum absolute atomic E-state index is 5.65. The average Bonchev–Trinajstić information content (AvgIpc) is 1.77. The van der Waals surface area contributed by atoms with Gasteiger partial charge in [-0.1, -0.05) is 12.8 Å². The average molecular weight is 309 g/mol. The predicted octanol–water partition coefficient (Wildman–Crippen LogP) is 0.213. The molecule has 58 valence electrons. The number of hydrogen-bond acceptors (Lipinski definition) is 2. The summed E-state index contributed by atoms with van der Waals surface area (Å²) in [6.45, 7) is 0. The molecular formula is C6H14N2Pt. The zero-order valence-electron chi connectivity index (χ0n) is 5.45. The van der Waals surface area contributed by atoms with Crippen LogP contribution in [0.25, 0.3) is 0 Å². The van der Waals surface area contributed by atoms with E-state index in [1.54, 1.807) is 0 Å². The third-order valence-electron chi connectivity index (χ3n) is 1.87. The molecule has 0 aromatic carbocycles. The fourth-order valence-corrected chi connectivity index (χ4v) is 1.19. The van der Waals surface area contributed by atoms with Crippen LogP contribution in [0.15, 0.2) is 0 Å². The monoisotopic (exact) mass is 309 g/mol. The molecule has 0 spiro atoms. The second-order valence-electron chi connectivity index (χ2n) is 2.61. The summed E-state index contributed by atoms with van der Waals surface area (Å²) in [7, 11) is 0. The maximum Gasteiger partial charge on any atom is 0.0192 e. The second kappa shape index (κ2) is 4.43. The van der Waals surface area contributed by atoms with Crippen LogP contribution in [0.2, 0.25) is 0 Å². The van der Waals surface area contributed by atoms with Crippen LogP contribution >= 0.6 is 0 Å². The van der Waals surface area contributed by atoms with Crippen molar-refractivity contribution in [2.24, 2.45) is 11.5 Å². The van der Waals surface area contributed by atoms with Crippen molar-refractivity contribution in [3.63, 3.8) is 0 Å². The molecule has 1 aliphatic carbocycles. The normalized spacial score (nSPS) is 35.3. The van der Waals surface area contributed by atoms with Gasteiger partial charge in [-0.05, 0) is 12.8 Å². The van der Waals surface area contributed by atoms with Crippen LogP contribution in [0, 0.1) is 0 Å². The van der Waals surface area contributed by atoms with E-state index in [-0.39, 0.29) is 33.1 Å². The fraction of sp³-hybridized carbons (Fsp3) is 1.00. The van der Waals surface area contributed by atoms with Crippen molar-refractivity contribution in [2.45, 2.75) is 37.8 Å². The van der Waals surface area contributed by atoms with Gasteiger partial charge < -0.3 is 11.5 Å². The van der Waals surface area contributed by atoms with E-state index in [2.05, 4.69) is 0 Å². The van der Waals surface area contributed by atoms with Gasteiger partial charge in [0, 0.05) is 33.1 Å². The third kappa shape index (κ3) is 2.79. The Morgan fingerprint density at radius 2 is 1.22 bits per heavy atom. The Labute approximate surface area is 70.6 Å². The van der Waals surface area contributed by atoms with Crippen molar-refractivity contribution in [2.75, 3.05) is 0 Å². The summed E-state index contributed by atoms with van der Waals surface area (Å²) in [4.78, 5) is 0.